The first-order chi connectivity index (χ1) is 17.4. The average molecular weight is 489 g/mol. The standard InChI is InChI=1S/C30H23F3O3/c1-3-5-19-6-8-20(9-7-19)24-16-17-25(29(33)28(24)32)21-10-12-22(13-11-21)36-30(34)26-15-14-23(35-4-2)18-27(26)31/h3,5-18H,4H2,1-2H3/b5-3+. The van der Waals surface area contributed by atoms with E-state index in [2.05, 4.69) is 0 Å². The average Bonchev–Trinajstić information content (AvgIpc) is 2.87. The normalized spacial score (nSPS) is 11.0. The molecular weight excluding hydrogens is 465 g/mol. The first-order valence-corrected chi connectivity index (χ1v) is 11.4. The molecule has 0 amide bonds. The second kappa shape index (κ2) is 11.0. The number of hydrogen-bond donors (Lipinski definition) is 0. The van der Waals surface area contributed by atoms with Crippen LogP contribution >= 0.6 is 0 Å². The molecule has 4 aromatic rings. The molecule has 0 radical (unpaired) electrons. The minimum atomic E-state index is -0.980. The van der Waals surface area contributed by atoms with Gasteiger partial charge in [0, 0.05) is 17.2 Å². The van der Waals surface area contributed by atoms with E-state index in [9.17, 15) is 18.0 Å². The maximum Gasteiger partial charge on any atom is 0.346 e. The van der Waals surface area contributed by atoms with E-state index in [1.54, 1.807) is 19.1 Å². The number of benzene rings is 4. The maximum absolute atomic E-state index is 15.0. The molecule has 0 bridgehead atoms. The third kappa shape index (κ3) is 5.33. The van der Waals surface area contributed by atoms with Gasteiger partial charge in [-0.3, -0.25) is 0 Å². The van der Waals surface area contributed by atoms with Crippen LogP contribution < -0.4 is 9.47 Å². The van der Waals surface area contributed by atoms with Gasteiger partial charge >= 0.3 is 5.97 Å². The van der Waals surface area contributed by atoms with E-state index in [4.69, 9.17) is 9.47 Å². The quantitative estimate of drug-likeness (QED) is 0.195. The Kier molecular flexibility index (Phi) is 7.54. The van der Waals surface area contributed by atoms with E-state index >= 15 is 0 Å². The molecule has 0 spiro atoms. The van der Waals surface area contributed by atoms with Gasteiger partial charge in [-0.1, -0.05) is 60.7 Å². The first-order valence-electron chi connectivity index (χ1n) is 11.4. The van der Waals surface area contributed by atoms with Crippen molar-refractivity contribution in [3.05, 3.63) is 114 Å². The Morgan fingerprint density at radius 2 is 1.33 bits per heavy atom. The number of esters is 1. The molecular formula is C30H23F3O3. The van der Waals surface area contributed by atoms with Gasteiger partial charge in [0.2, 0.25) is 0 Å². The van der Waals surface area contributed by atoms with Crippen molar-refractivity contribution in [1.29, 1.82) is 0 Å². The van der Waals surface area contributed by atoms with Crippen LogP contribution in [0.4, 0.5) is 13.2 Å². The summed E-state index contributed by atoms with van der Waals surface area (Å²) in [5, 5.41) is 0. The minimum absolute atomic E-state index is 0.0669. The molecule has 0 aliphatic rings. The number of carbonyl (C=O) groups is 1. The second-order valence-electron chi connectivity index (χ2n) is 7.90. The highest BCUT2D eigenvalue weighted by molar-refractivity contribution is 5.91. The molecule has 0 N–H and O–H groups in total. The lowest BCUT2D eigenvalue weighted by Crippen LogP contribution is -2.11. The largest absolute Gasteiger partial charge is 0.494 e. The summed E-state index contributed by atoms with van der Waals surface area (Å²) in [6, 6.07) is 19.9. The number of ether oxygens (including phenoxy) is 2. The Hall–Kier alpha value is -4.32. The highest BCUT2D eigenvalue weighted by atomic mass is 19.2. The van der Waals surface area contributed by atoms with Crippen LogP contribution in [0.25, 0.3) is 28.3 Å². The smallest absolute Gasteiger partial charge is 0.346 e. The Balaban J connectivity index is 1.52. The van der Waals surface area contributed by atoms with Crippen molar-refractivity contribution in [2.75, 3.05) is 6.61 Å². The van der Waals surface area contributed by atoms with Gasteiger partial charge in [0.1, 0.15) is 17.3 Å². The van der Waals surface area contributed by atoms with E-state index in [0.717, 1.165) is 11.6 Å². The third-order valence-corrected chi connectivity index (χ3v) is 5.51. The summed E-state index contributed by atoms with van der Waals surface area (Å²) in [4.78, 5) is 12.4. The number of hydrogen-bond acceptors (Lipinski definition) is 3. The Morgan fingerprint density at radius 1 is 0.778 bits per heavy atom. The number of rotatable bonds is 7. The van der Waals surface area contributed by atoms with E-state index in [-0.39, 0.29) is 22.4 Å². The number of halogens is 3. The van der Waals surface area contributed by atoms with Crippen molar-refractivity contribution in [2.24, 2.45) is 0 Å². The van der Waals surface area contributed by atoms with Crippen LogP contribution in [0.5, 0.6) is 11.5 Å². The van der Waals surface area contributed by atoms with Gasteiger partial charge in [0.25, 0.3) is 0 Å². The molecule has 4 rings (SSSR count). The molecule has 0 aliphatic carbocycles. The second-order valence-corrected chi connectivity index (χ2v) is 7.90. The van der Waals surface area contributed by atoms with Gasteiger partial charge in [-0.05, 0) is 54.8 Å². The number of allylic oxidation sites excluding steroid dienone is 1. The fraction of sp³-hybridized carbons (Fsp3) is 0.100. The molecule has 0 saturated heterocycles. The highest BCUT2D eigenvalue weighted by Gasteiger charge is 2.18. The van der Waals surface area contributed by atoms with Crippen molar-refractivity contribution >= 4 is 12.0 Å². The summed E-state index contributed by atoms with van der Waals surface area (Å²) in [5.74, 6) is -3.14. The molecule has 0 fully saturated rings. The van der Waals surface area contributed by atoms with E-state index in [0.29, 0.717) is 23.5 Å². The monoisotopic (exact) mass is 488 g/mol. The summed E-state index contributed by atoms with van der Waals surface area (Å²) in [7, 11) is 0. The van der Waals surface area contributed by atoms with Crippen molar-refractivity contribution in [1.82, 2.24) is 0 Å². The zero-order valence-electron chi connectivity index (χ0n) is 19.7. The van der Waals surface area contributed by atoms with Gasteiger partial charge in [-0.2, -0.15) is 0 Å². The highest BCUT2D eigenvalue weighted by Crippen LogP contribution is 2.32. The van der Waals surface area contributed by atoms with Crippen LogP contribution in [-0.4, -0.2) is 12.6 Å². The Bertz CT molecular complexity index is 1410. The lowest BCUT2D eigenvalue weighted by atomic mass is 9.98. The SMILES string of the molecule is C/C=C/c1ccc(-c2ccc(-c3ccc(OC(=O)c4ccc(OCC)cc4F)cc3)c(F)c2F)cc1. The molecule has 3 nitrogen and oxygen atoms in total. The van der Waals surface area contributed by atoms with Crippen LogP contribution in [0.1, 0.15) is 29.8 Å². The van der Waals surface area contributed by atoms with Crippen LogP contribution in [0.2, 0.25) is 0 Å². The predicted molar refractivity (Wildman–Crippen MR) is 134 cm³/mol. The summed E-state index contributed by atoms with van der Waals surface area (Å²) < 4.78 is 54.6. The molecule has 0 heterocycles. The molecule has 182 valence electrons. The molecule has 0 saturated carbocycles. The first kappa shape index (κ1) is 24.8. The van der Waals surface area contributed by atoms with Crippen molar-refractivity contribution < 1.29 is 27.4 Å². The van der Waals surface area contributed by atoms with Gasteiger partial charge in [0.05, 0.1) is 12.2 Å². The zero-order chi connectivity index (χ0) is 25.7. The topological polar surface area (TPSA) is 35.5 Å². The third-order valence-electron chi connectivity index (χ3n) is 5.51. The fourth-order valence-electron chi connectivity index (χ4n) is 3.74. The molecule has 6 heteroatoms. The van der Waals surface area contributed by atoms with Gasteiger partial charge < -0.3 is 9.47 Å². The summed E-state index contributed by atoms with van der Waals surface area (Å²) in [6.45, 7) is 4.04. The summed E-state index contributed by atoms with van der Waals surface area (Å²) in [5.41, 5.74) is 1.90. The molecule has 0 aromatic heterocycles. The van der Waals surface area contributed by atoms with Crippen LogP contribution in [-0.2, 0) is 0 Å². The van der Waals surface area contributed by atoms with Crippen LogP contribution in [0.3, 0.4) is 0 Å². The van der Waals surface area contributed by atoms with Crippen LogP contribution in [0, 0.1) is 17.5 Å². The molecule has 36 heavy (non-hydrogen) atoms. The minimum Gasteiger partial charge on any atom is -0.494 e. The lowest BCUT2D eigenvalue weighted by molar-refractivity contribution is 0.0730. The Morgan fingerprint density at radius 3 is 1.86 bits per heavy atom. The van der Waals surface area contributed by atoms with Crippen molar-refractivity contribution in [3.63, 3.8) is 0 Å². The molecule has 0 aliphatic heterocycles. The molecule has 4 aromatic carbocycles. The molecule has 0 unspecified atom stereocenters. The summed E-state index contributed by atoms with van der Waals surface area (Å²) >= 11 is 0. The van der Waals surface area contributed by atoms with E-state index in [1.807, 2.05) is 31.2 Å². The summed E-state index contributed by atoms with van der Waals surface area (Å²) in [6.07, 6.45) is 3.81. The van der Waals surface area contributed by atoms with Gasteiger partial charge in [0.15, 0.2) is 11.6 Å². The van der Waals surface area contributed by atoms with Crippen molar-refractivity contribution in [3.8, 4) is 33.8 Å². The zero-order valence-corrected chi connectivity index (χ0v) is 19.7. The molecule has 0 atom stereocenters. The maximum atomic E-state index is 15.0. The Labute approximate surface area is 207 Å². The lowest BCUT2D eigenvalue weighted by Gasteiger charge is -2.11. The van der Waals surface area contributed by atoms with Gasteiger partial charge in [-0.25, -0.2) is 18.0 Å². The van der Waals surface area contributed by atoms with Crippen molar-refractivity contribution in [2.45, 2.75) is 13.8 Å². The number of carbonyl (C=O) groups excluding carboxylic acids is 1. The van der Waals surface area contributed by atoms with Crippen LogP contribution in [0.15, 0.2) is 84.9 Å². The van der Waals surface area contributed by atoms with E-state index < -0.39 is 23.4 Å². The van der Waals surface area contributed by atoms with E-state index in [1.165, 1.54) is 48.5 Å². The predicted octanol–water partition coefficient (Wildman–Crippen LogP) is 8.09. The van der Waals surface area contributed by atoms with Gasteiger partial charge in [-0.15, -0.1) is 0 Å². The fourth-order valence-corrected chi connectivity index (χ4v) is 3.74.